The molecule has 4 nitrogen and oxygen atoms in total. The van der Waals surface area contributed by atoms with Crippen LogP contribution in [0, 0.1) is 11.8 Å². The van der Waals surface area contributed by atoms with Crippen LogP contribution in [0.25, 0.3) is 0 Å². The van der Waals surface area contributed by atoms with E-state index in [2.05, 4.69) is 5.32 Å². The molecule has 0 saturated heterocycles. The van der Waals surface area contributed by atoms with Gasteiger partial charge in [-0.2, -0.15) is 0 Å². The average molecular weight is 231 g/mol. The smallest absolute Gasteiger partial charge is 0.313 e. The van der Waals surface area contributed by atoms with Crippen LogP contribution >= 0.6 is 11.8 Å². The minimum atomic E-state index is -0.808. The van der Waals surface area contributed by atoms with Gasteiger partial charge in [0, 0.05) is 18.2 Å². The topological polar surface area (TPSA) is 66.4 Å². The largest absolute Gasteiger partial charge is 0.481 e. The molecule has 1 atom stereocenters. The van der Waals surface area contributed by atoms with Gasteiger partial charge in [-0.05, 0) is 18.8 Å². The molecule has 1 amide bonds. The van der Waals surface area contributed by atoms with Gasteiger partial charge in [-0.15, -0.1) is 11.8 Å². The molecular weight excluding hydrogens is 214 g/mol. The third-order valence-electron chi connectivity index (χ3n) is 2.51. The molecule has 15 heavy (non-hydrogen) atoms. The summed E-state index contributed by atoms with van der Waals surface area (Å²) in [6.45, 7) is 2.52. The average Bonchev–Trinajstić information content (AvgIpc) is 2.98. The number of aliphatic carboxylic acids is 1. The fraction of sp³-hybridized carbons (Fsp3) is 0.800. The van der Waals surface area contributed by atoms with Crippen molar-refractivity contribution in [1.82, 2.24) is 5.32 Å². The van der Waals surface area contributed by atoms with Gasteiger partial charge >= 0.3 is 5.97 Å². The third-order valence-corrected chi connectivity index (χ3v) is 3.46. The van der Waals surface area contributed by atoms with E-state index in [0.29, 0.717) is 18.2 Å². The minimum Gasteiger partial charge on any atom is -0.481 e. The molecule has 1 fully saturated rings. The maximum atomic E-state index is 11.5. The summed E-state index contributed by atoms with van der Waals surface area (Å²) in [5.41, 5.74) is 0. The number of carboxylic acid groups (broad SMARTS) is 1. The van der Waals surface area contributed by atoms with Gasteiger partial charge < -0.3 is 10.4 Å². The van der Waals surface area contributed by atoms with Gasteiger partial charge in [0.05, 0.1) is 5.75 Å². The summed E-state index contributed by atoms with van der Waals surface area (Å²) in [5.74, 6) is 0.765. The number of amides is 1. The van der Waals surface area contributed by atoms with Crippen molar-refractivity contribution in [2.75, 3.05) is 18.1 Å². The molecule has 0 aromatic carbocycles. The summed E-state index contributed by atoms with van der Waals surface area (Å²) in [6.07, 6.45) is 2.34. The van der Waals surface area contributed by atoms with E-state index in [-0.39, 0.29) is 17.6 Å². The zero-order valence-corrected chi connectivity index (χ0v) is 9.68. The zero-order chi connectivity index (χ0) is 11.3. The molecule has 0 aromatic rings. The fourth-order valence-electron chi connectivity index (χ4n) is 1.38. The number of hydrogen-bond donors (Lipinski definition) is 2. The van der Waals surface area contributed by atoms with Crippen molar-refractivity contribution in [3.05, 3.63) is 0 Å². The molecule has 0 aliphatic heterocycles. The van der Waals surface area contributed by atoms with Gasteiger partial charge in [-0.25, -0.2) is 0 Å². The first-order valence-electron chi connectivity index (χ1n) is 5.18. The van der Waals surface area contributed by atoms with E-state index in [4.69, 9.17) is 5.11 Å². The van der Waals surface area contributed by atoms with Crippen LogP contribution in [0.5, 0.6) is 0 Å². The molecule has 1 saturated carbocycles. The van der Waals surface area contributed by atoms with E-state index in [9.17, 15) is 9.59 Å². The summed E-state index contributed by atoms with van der Waals surface area (Å²) in [4.78, 5) is 21.7. The Bertz CT molecular complexity index is 241. The minimum absolute atomic E-state index is 0.105. The lowest BCUT2D eigenvalue weighted by Gasteiger charge is -2.10. The monoisotopic (exact) mass is 231 g/mol. The van der Waals surface area contributed by atoms with Gasteiger partial charge in [0.15, 0.2) is 0 Å². The Morgan fingerprint density at radius 3 is 2.73 bits per heavy atom. The molecule has 0 bridgehead atoms. The van der Waals surface area contributed by atoms with Crippen LogP contribution in [0.15, 0.2) is 0 Å². The molecule has 2 N–H and O–H groups in total. The van der Waals surface area contributed by atoms with Crippen LogP contribution in [0.4, 0.5) is 0 Å². The molecule has 5 heteroatoms. The Kier molecular flexibility index (Phi) is 4.94. The number of carbonyl (C=O) groups excluding carboxylic acids is 1. The van der Waals surface area contributed by atoms with Gasteiger partial charge in [-0.3, -0.25) is 9.59 Å². The van der Waals surface area contributed by atoms with Crippen LogP contribution in [-0.4, -0.2) is 35.0 Å². The number of hydrogen-bond acceptors (Lipinski definition) is 3. The van der Waals surface area contributed by atoms with Crippen molar-refractivity contribution in [3.63, 3.8) is 0 Å². The van der Waals surface area contributed by atoms with E-state index in [0.717, 1.165) is 0 Å². The number of rotatable bonds is 7. The molecule has 0 spiro atoms. The van der Waals surface area contributed by atoms with Crippen LogP contribution in [0.2, 0.25) is 0 Å². The Morgan fingerprint density at radius 1 is 1.53 bits per heavy atom. The highest BCUT2D eigenvalue weighted by Crippen LogP contribution is 2.36. The first-order valence-corrected chi connectivity index (χ1v) is 6.34. The Labute approximate surface area is 93.8 Å². The van der Waals surface area contributed by atoms with Crippen LogP contribution in [-0.2, 0) is 9.59 Å². The highest BCUT2D eigenvalue weighted by Gasteiger charge is 2.32. The van der Waals surface area contributed by atoms with Gasteiger partial charge in [-0.1, -0.05) is 6.92 Å². The standard InChI is InChI=1S/C10H17NO3S/c1-7(8-2-3-8)10(14)11-4-5-15-6-9(12)13/h7-8H,2-6H2,1H3,(H,11,14)(H,12,13). The molecule has 0 heterocycles. The fourth-order valence-corrected chi connectivity index (χ4v) is 1.94. The maximum absolute atomic E-state index is 11.5. The van der Waals surface area contributed by atoms with E-state index >= 15 is 0 Å². The predicted molar refractivity (Wildman–Crippen MR) is 59.9 cm³/mol. The molecule has 1 aliphatic carbocycles. The van der Waals surface area contributed by atoms with Gasteiger partial charge in [0.25, 0.3) is 0 Å². The first-order chi connectivity index (χ1) is 7.11. The van der Waals surface area contributed by atoms with E-state index < -0.39 is 5.97 Å². The van der Waals surface area contributed by atoms with Crippen molar-refractivity contribution >= 4 is 23.6 Å². The maximum Gasteiger partial charge on any atom is 0.313 e. The number of nitrogens with one attached hydrogen (secondary N) is 1. The third kappa shape index (κ3) is 5.06. The zero-order valence-electron chi connectivity index (χ0n) is 8.86. The van der Waals surface area contributed by atoms with Gasteiger partial charge in [0.1, 0.15) is 0 Å². The molecule has 1 aliphatic rings. The first kappa shape index (κ1) is 12.4. The highest BCUT2D eigenvalue weighted by molar-refractivity contribution is 7.99. The second-order valence-electron chi connectivity index (χ2n) is 3.86. The molecule has 0 aromatic heterocycles. The Hall–Kier alpha value is -0.710. The number of thioether (sulfide) groups is 1. The SMILES string of the molecule is CC(C(=O)NCCSCC(=O)O)C1CC1. The summed E-state index contributed by atoms with van der Waals surface area (Å²) >= 11 is 1.32. The number of carbonyl (C=O) groups is 2. The van der Waals surface area contributed by atoms with Crippen LogP contribution < -0.4 is 5.32 Å². The summed E-state index contributed by atoms with van der Waals surface area (Å²) in [5, 5.41) is 11.2. The summed E-state index contributed by atoms with van der Waals surface area (Å²) in [6, 6.07) is 0. The quantitative estimate of drug-likeness (QED) is 0.641. The van der Waals surface area contributed by atoms with Crippen molar-refractivity contribution in [1.29, 1.82) is 0 Å². The summed E-state index contributed by atoms with van der Waals surface area (Å²) in [7, 11) is 0. The van der Waals surface area contributed by atoms with E-state index in [1.165, 1.54) is 24.6 Å². The predicted octanol–water partition coefficient (Wildman–Crippen LogP) is 0.966. The Morgan fingerprint density at radius 2 is 2.20 bits per heavy atom. The van der Waals surface area contributed by atoms with Crippen LogP contribution in [0.3, 0.4) is 0 Å². The normalized spacial score (nSPS) is 17.1. The second kappa shape index (κ2) is 6.00. The second-order valence-corrected chi connectivity index (χ2v) is 4.97. The van der Waals surface area contributed by atoms with Crippen molar-refractivity contribution in [3.8, 4) is 0 Å². The summed E-state index contributed by atoms with van der Waals surface area (Å²) < 4.78 is 0. The van der Waals surface area contributed by atoms with Crippen LogP contribution in [0.1, 0.15) is 19.8 Å². The van der Waals surface area contributed by atoms with Crippen molar-refractivity contribution in [2.45, 2.75) is 19.8 Å². The van der Waals surface area contributed by atoms with Crippen molar-refractivity contribution in [2.24, 2.45) is 11.8 Å². The van der Waals surface area contributed by atoms with Crippen molar-refractivity contribution < 1.29 is 14.7 Å². The lowest BCUT2D eigenvalue weighted by Crippen LogP contribution is -2.32. The van der Waals surface area contributed by atoms with E-state index in [1.54, 1.807) is 0 Å². The molecule has 1 unspecified atom stereocenters. The lowest BCUT2D eigenvalue weighted by atomic mass is 10.1. The Balaban J connectivity index is 1.99. The van der Waals surface area contributed by atoms with E-state index in [1.807, 2.05) is 6.92 Å². The molecular formula is C10H17NO3S. The molecule has 86 valence electrons. The number of carboxylic acids is 1. The van der Waals surface area contributed by atoms with Gasteiger partial charge in [0.2, 0.25) is 5.91 Å². The molecule has 1 rings (SSSR count). The highest BCUT2D eigenvalue weighted by atomic mass is 32.2. The lowest BCUT2D eigenvalue weighted by molar-refractivity contribution is -0.134. The molecule has 0 radical (unpaired) electrons.